The van der Waals surface area contributed by atoms with Gasteiger partial charge in [0.05, 0.1) is 9.21 Å². The van der Waals surface area contributed by atoms with E-state index in [9.17, 15) is 4.79 Å². The molecule has 2 saturated heterocycles. The van der Waals surface area contributed by atoms with Gasteiger partial charge in [0.15, 0.2) is 0 Å². The third-order valence-electron chi connectivity index (χ3n) is 3.67. The van der Waals surface area contributed by atoms with Crippen molar-refractivity contribution in [1.82, 2.24) is 10.2 Å². The highest BCUT2D eigenvalue weighted by Gasteiger charge is 2.36. The van der Waals surface area contributed by atoms with Crippen LogP contribution in [0.15, 0.2) is 12.1 Å². The minimum Gasteiger partial charge on any atom is -0.336 e. The fraction of sp³-hybridized carbons (Fsp3) is 0.583. The van der Waals surface area contributed by atoms with Gasteiger partial charge in [0.1, 0.15) is 0 Å². The van der Waals surface area contributed by atoms with Crippen molar-refractivity contribution in [3.05, 3.63) is 21.3 Å². The first-order valence-corrected chi connectivity index (χ1v) is 7.21. The molecule has 0 bridgehead atoms. The molecule has 3 heterocycles. The van der Waals surface area contributed by atoms with Gasteiger partial charge in [-0.3, -0.25) is 4.79 Å². The van der Waals surface area contributed by atoms with E-state index in [2.05, 4.69) is 5.32 Å². The van der Waals surface area contributed by atoms with E-state index in [0.29, 0.717) is 16.3 Å². The lowest BCUT2D eigenvalue weighted by atomic mass is 9.94. The number of carbonyl (C=O) groups excluding carboxylic acids is 1. The second-order valence-electron chi connectivity index (χ2n) is 4.78. The lowest BCUT2D eigenvalue weighted by Gasteiger charge is -2.24. The van der Waals surface area contributed by atoms with Crippen LogP contribution in [-0.4, -0.2) is 36.5 Å². The number of hydrogen-bond donors (Lipinski definition) is 1. The summed E-state index contributed by atoms with van der Waals surface area (Å²) < 4.78 is 0.683. The molecule has 1 amide bonds. The molecule has 1 aromatic heterocycles. The Bertz CT molecular complexity index is 420. The fourth-order valence-corrected chi connectivity index (χ4v) is 3.81. The summed E-state index contributed by atoms with van der Waals surface area (Å²) >= 11 is 7.24. The smallest absolute Gasteiger partial charge is 0.264 e. The first kappa shape index (κ1) is 11.5. The van der Waals surface area contributed by atoms with Crippen LogP contribution in [0.25, 0.3) is 0 Å². The van der Waals surface area contributed by atoms with Gasteiger partial charge in [-0.15, -0.1) is 11.3 Å². The zero-order valence-electron chi connectivity index (χ0n) is 9.49. The number of fused-ring (bicyclic) bond motifs is 1. The molecule has 3 nitrogen and oxygen atoms in total. The molecule has 2 atom stereocenters. The SMILES string of the molecule is O=C(c1ccc(Cl)s1)N1C[C@@H]2CCCN[C@@H]2C1. The number of likely N-dealkylation sites (tertiary alicyclic amines) is 1. The Kier molecular flexibility index (Phi) is 3.11. The van der Waals surface area contributed by atoms with Gasteiger partial charge in [-0.2, -0.15) is 0 Å². The number of halogens is 1. The van der Waals surface area contributed by atoms with Crippen LogP contribution < -0.4 is 5.32 Å². The number of carbonyl (C=O) groups is 1. The van der Waals surface area contributed by atoms with E-state index >= 15 is 0 Å². The quantitative estimate of drug-likeness (QED) is 0.849. The summed E-state index contributed by atoms with van der Waals surface area (Å²) in [4.78, 5) is 15.0. The maximum atomic E-state index is 12.3. The standard InChI is InChI=1S/C12H15ClN2OS/c13-11-4-3-10(17-11)12(16)15-6-8-2-1-5-14-9(8)7-15/h3-4,8-9,14H,1-2,5-7H2/t8-,9+/m0/s1. The number of nitrogens with one attached hydrogen (secondary N) is 1. The van der Waals surface area contributed by atoms with Crippen LogP contribution in [0.1, 0.15) is 22.5 Å². The molecule has 0 unspecified atom stereocenters. The average molecular weight is 271 g/mol. The van der Waals surface area contributed by atoms with Gasteiger partial charge >= 0.3 is 0 Å². The average Bonchev–Trinajstić information content (AvgIpc) is 2.93. The third kappa shape index (κ3) is 2.21. The zero-order valence-corrected chi connectivity index (χ0v) is 11.1. The Morgan fingerprint density at radius 2 is 2.35 bits per heavy atom. The molecule has 1 N–H and O–H groups in total. The minimum absolute atomic E-state index is 0.137. The zero-order chi connectivity index (χ0) is 11.8. The molecule has 2 aliphatic heterocycles. The molecule has 2 aliphatic rings. The van der Waals surface area contributed by atoms with Crippen LogP contribution >= 0.6 is 22.9 Å². The Labute approximate surface area is 110 Å². The molecular formula is C12H15ClN2OS. The second-order valence-corrected chi connectivity index (χ2v) is 6.49. The van der Waals surface area contributed by atoms with E-state index < -0.39 is 0 Å². The summed E-state index contributed by atoms with van der Waals surface area (Å²) in [7, 11) is 0. The normalized spacial score (nSPS) is 28.2. The van der Waals surface area contributed by atoms with Crippen LogP contribution in [0, 0.1) is 5.92 Å². The van der Waals surface area contributed by atoms with Crippen molar-refractivity contribution in [1.29, 1.82) is 0 Å². The summed E-state index contributed by atoms with van der Waals surface area (Å²) in [5.41, 5.74) is 0. The van der Waals surface area contributed by atoms with Crippen LogP contribution in [-0.2, 0) is 0 Å². The molecule has 3 rings (SSSR count). The highest BCUT2D eigenvalue weighted by molar-refractivity contribution is 7.17. The Morgan fingerprint density at radius 1 is 1.47 bits per heavy atom. The lowest BCUT2D eigenvalue weighted by molar-refractivity contribution is 0.0790. The van der Waals surface area contributed by atoms with Crippen molar-refractivity contribution < 1.29 is 4.79 Å². The van der Waals surface area contributed by atoms with Gasteiger partial charge in [-0.05, 0) is 37.4 Å². The predicted octanol–water partition coefficient (Wildman–Crippen LogP) is 2.23. The lowest BCUT2D eigenvalue weighted by Crippen LogP contribution is -2.41. The molecule has 0 aromatic carbocycles. The molecule has 0 spiro atoms. The van der Waals surface area contributed by atoms with Gasteiger partial charge in [-0.1, -0.05) is 11.6 Å². The first-order valence-electron chi connectivity index (χ1n) is 6.02. The van der Waals surface area contributed by atoms with Gasteiger partial charge in [0, 0.05) is 19.1 Å². The molecule has 92 valence electrons. The number of piperidine rings is 1. The monoisotopic (exact) mass is 270 g/mol. The Hall–Kier alpha value is -0.580. The van der Waals surface area contributed by atoms with Crippen LogP contribution in [0.5, 0.6) is 0 Å². The van der Waals surface area contributed by atoms with Gasteiger partial charge in [0.25, 0.3) is 5.91 Å². The molecule has 0 radical (unpaired) electrons. The number of hydrogen-bond acceptors (Lipinski definition) is 3. The van der Waals surface area contributed by atoms with Crippen molar-refractivity contribution in [3.8, 4) is 0 Å². The van der Waals surface area contributed by atoms with Gasteiger partial charge in [0.2, 0.25) is 0 Å². The Balaban J connectivity index is 1.71. The number of nitrogens with zero attached hydrogens (tertiary/aromatic N) is 1. The fourth-order valence-electron chi connectivity index (χ4n) is 2.80. The molecule has 17 heavy (non-hydrogen) atoms. The molecule has 0 saturated carbocycles. The third-order valence-corrected chi connectivity index (χ3v) is 4.89. The number of amides is 1. The number of rotatable bonds is 1. The molecule has 5 heteroatoms. The first-order chi connectivity index (χ1) is 8.24. The number of thiophene rings is 1. The Morgan fingerprint density at radius 3 is 3.06 bits per heavy atom. The summed E-state index contributed by atoms with van der Waals surface area (Å²) in [6.45, 7) is 2.83. The minimum atomic E-state index is 0.137. The van der Waals surface area contributed by atoms with E-state index in [-0.39, 0.29) is 5.91 Å². The van der Waals surface area contributed by atoms with Crippen molar-refractivity contribution in [3.63, 3.8) is 0 Å². The van der Waals surface area contributed by atoms with Crippen molar-refractivity contribution >= 4 is 28.8 Å². The van der Waals surface area contributed by atoms with Crippen LogP contribution in [0.4, 0.5) is 0 Å². The molecule has 2 fully saturated rings. The van der Waals surface area contributed by atoms with E-state index in [1.54, 1.807) is 6.07 Å². The second kappa shape index (κ2) is 4.59. The van der Waals surface area contributed by atoms with Gasteiger partial charge in [-0.25, -0.2) is 0 Å². The summed E-state index contributed by atoms with van der Waals surface area (Å²) in [6.07, 6.45) is 2.47. The highest BCUT2D eigenvalue weighted by Crippen LogP contribution is 2.28. The molecule has 1 aromatic rings. The van der Waals surface area contributed by atoms with E-state index in [0.717, 1.165) is 24.5 Å². The van der Waals surface area contributed by atoms with Gasteiger partial charge < -0.3 is 10.2 Å². The van der Waals surface area contributed by atoms with E-state index in [4.69, 9.17) is 11.6 Å². The molecule has 0 aliphatic carbocycles. The maximum absolute atomic E-state index is 12.3. The topological polar surface area (TPSA) is 32.3 Å². The van der Waals surface area contributed by atoms with Crippen molar-refractivity contribution in [2.45, 2.75) is 18.9 Å². The van der Waals surface area contributed by atoms with Crippen LogP contribution in [0.3, 0.4) is 0 Å². The molecular weight excluding hydrogens is 256 g/mol. The maximum Gasteiger partial charge on any atom is 0.264 e. The van der Waals surface area contributed by atoms with E-state index in [1.807, 2.05) is 11.0 Å². The van der Waals surface area contributed by atoms with Crippen molar-refractivity contribution in [2.75, 3.05) is 19.6 Å². The predicted molar refractivity (Wildman–Crippen MR) is 69.7 cm³/mol. The largest absolute Gasteiger partial charge is 0.336 e. The summed E-state index contributed by atoms with van der Waals surface area (Å²) in [5.74, 6) is 0.779. The van der Waals surface area contributed by atoms with Crippen LogP contribution in [0.2, 0.25) is 4.34 Å². The van der Waals surface area contributed by atoms with Crippen molar-refractivity contribution in [2.24, 2.45) is 5.92 Å². The summed E-state index contributed by atoms with van der Waals surface area (Å²) in [6, 6.07) is 4.12. The summed E-state index contributed by atoms with van der Waals surface area (Å²) in [5, 5.41) is 3.51. The van der Waals surface area contributed by atoms with E-state index in [1.165, 1.54) is 24.2 Å². The highest BCUT2D eigenvalue weighted by atomic mass is 35.5.